The van der Waals surface area contributed by atoms with Gasteiger partial charge in [0.25, 0.3) is 0 Å². The quantitative estimate of drug-likeness (QED) is 0.739. The van der Waals surface area contributed by atoms with Gasteiger partial charge in [0.15, 0.2) is 0 Å². The van der Waals surface area contributed by atoms with Gasteiger partial charge in [0.2, 0.25) is 21.8 Å². The van der Waals surface area contributed by atoms with E-state index in [0.717, 1.165) is 22.3 Å². The molecular formula is C21H32N4O3S. The van der Waals surface area contributed by atoms with Gasteiger partial charge in [-0.25, -0.2) is 8.42 Å². The molecule has 0 saturated carbocycles. The van der Waals surface area contributed by atoms with Crippen LogP contribution in [0.1, 0.15) is 59.5 Å². The zero-order valence-corrected chi connectivity index (χ0v) is 19.4. The van der Waals surface area contributed by atoms with Crippen molar-refractivity contribution >= 4 is 10.0 Å². The SMILES string of the molecule is CCc1nnc(C(C)N2CCN(S(=O)(=O)c3c(C)c(C)c(C)c(C)c3C)CC2)o1. The van der Waals surface area contributed by atoms with Crippen LogP contribution in [0.25, 0.3) is 0 Å². The fraction of sp³-hybridized carbons (Fsp3) is 0.619. The highest BCUT2D eigenvalue weighted by molar-refractivity contribution is 7.89. The topological polar surface area (TPSA) is 79.5 Å². The highest BCUT2D eigenvalue weighted by Gasteiger charge is 2.34. The standard InChI is InChI=1S/C21H32N4O3S/c1-8-19-22-23-21(28-19)18(7)24-9-11-25(12-10-24)29(26,27)20-16(5)14(3)13(2)15(4)17(20)6/h18H,8-12H2,1-7H3. The second kappa shape index (κ2) is 8.16. The second-order valence-electron chi connectivity index (χ2n) is 7.96. The molecule has 2 heterocycles. The number of hydrogen-bond acceptors (Lipinski definition) is 6. The first kappa shape index (κ1) is 21.9. The third-order valence-electron chi connectivity index (χ3n) is 6.49. The minimum atomic E-state index is -3.54. The van der Waals surface area contributed by atoms with E-state index in [1.54, 1.807) is 4.31 Å². The van der Waals surface area contributed by atoms with Gasteiger partial charge >= 0.3 is 0 Å². The number of aryl methyl sites for hydroxylation is 1. The van der Waals surface area contributed by atoms with Gasteiger partial charge in [-0.05, 0) is 69.4 Å². The molecule has 1 aromatic carbocycles. The number of sulfonamides is 1. The van der Waals surface area contributed by atoms with E-state index in [-0.39, 0.29) is 6.04 Å². The summed E-state index contributed by atoms with van der Waals surface area (Å²) < 4.78 is 34.3. The van der Waals surface area contributed by atoms with Crippen LogP contribution in [0.15, 0.2) is 9.31 Å². The van der Waals surface area contributed by atoms with E-state index in [0.29, 0.717) is 49.3 Å². The molecule has 0 spiro atoms. The number of hydrogen-bond donors (Lipinski definition) is 0. The van der Waals surface area contributed by atoms with Gasteiger partial charge in [-0.3, -0.25) is 4.90 Å². The van der Waals surface area contributed by atoms with Crippen molar-refractivity contribution in [3.63, 3.8) is 0 Å². The van der Waals surface area contributed by atoms with Gasteiger partial charge in [0, 0.05) is 32.6 Å². The lowest BCUT2D eigenvalue weighted by atomic mass is 9.95. The zero-order chi connectivity index (χ0) is 21.5. The molecule has 0 N–H and O–H groups in total. The van der Waals surface area contributed by atoms with Crippen LogP contribution in [0.4, 0.5) is 0 Å². The Balaban J connectivity index is 1.80. The molecule has 2 aromatic rings. The predicted molar refractivity (Wildman–Crippen MR) is 113 cm³/mol. The summed E-state index contributed by atoms with van der Waals surface area (Å²) in [7, 11) is -3.54. The molecule has 160 valence electrons. The van der Waals surface area contributed by atoms with Crippen LogP contribution >= 0.6 is 0 Å². The number of piperazine rings is 1. The number of rotatable bonds is 5. The number of aromatic nitrogens is 2. The lowest BCUT2D eigenvalue weighted by molar-refractivity contribution is 0.128. The van der Waals surface area contributed by atoms with Gasteiger partial charge in [-0.1, -0.05) is 6.92 Å². The van der Waals surface area contributed by atoms with Crippen molar-refractivity contribution in [1.82, 2.24) is 19.4 Å². The molecule has 1 aliphatic rings. The Morgan fingerprint density at radius 2 is 1.41 bits per heavy atom. The molecule has 7 nitrogen and oxygen atoms in total. The maximum absolute atomic E-state index is 13.5. The molecule has 1 saturated heterocycles. The molecule has 1 unspecified atom stereocenters. The van der Waals surface area contributed by atoms with Gasteiger partial charge in [-0.2, -0.15) is 4.31 Å². The normalized spacial score (nSPS) is 17.6. The van der Waals surface area contributed by atoms with Crippen molar-refractivity contribution in [2.75, 3.05) is 26.2 Å². The summed E-state index contributed by atoms with van der Waals surface area (Å²) in [6, 6.07) is -0.0278. The Labute approximate surface area is 174 Å². The summed E-state index contributed by atoms with van der Waals surface area (Å²) in [6.45, 7) is 16.1. The third kappa shape index (κ3) is 3.85. The third-order valence-corrected chi connectivity index (χ3v) is 8.67. The molecule has 0 bridgehead atoms. The van der Waals surface area contributed by atoms with Gasteiger partial charge in [-0.15, -0.1) is 10.2 Å². The summed E-state index contributed by atoms with van der Waals surface area (Å²) in [4.78, 5) is 2.67. The van der Waals surface area contributed by atoms with Crippen molar-refractivity contribution in [2.24, 2.45) is 0 Å². The largest absolute Gasteiger partial charge is 0.424 e. The summed E-state index contributed by atoms with van der Waals surface area (Å²) in [5.74, 6) is 1.22. The highest BCUT2D eigenvalue weighted by Crippen LogP contribution is 2.32. The zero-order valence-electron chi connectivity index (χ0n) is 18.5. The van der Waals surface area contributed by atoms with Gasteiger partial charge in [0.05, 0.1) is 10.9 Å². The van der Waals surface area contributed by atoms with E-state index in [1.807, 2.05) is 41.5 Å². The second-order valence-corrected chi connectivity index (χ2v) is 9.83. The molecule has 3 rings (SSSR count). The van der Waals surface area contributed by atoms with Crippen molar-refractivity contribution < 1.29 is 12.8 Å². The smallest absolute Gasteiger partial charge is 0.243 e. The minimum Gasteiger partial charge on any atom is -0.424 e. The average Bonchev–Trinajstić information content (AvgIpc) is 3.19. The summed E-state index contributed by atoms with van der Waals surface area (Å²) in [5, 5.41) is 8.18. The Hall–Kier alpha value is -1.77. The lowest BCUT2D eigenvalue weighted by Gasteiger charge is -2.36. The number of benzene rings is 1. The number of nitrogens with zero attached hydrogens (tertiary/aromatic N) is 4. The van der Waals surface area contributed by atoms with Crippen LogP contribution in [0.2, 0.25) is 0 Å². The van der Waals surface area contributed by atoms with Crippen LogP contribution in [0, 0.1) is 34.6 Å². The first-order chi connectivity index (χ1) is 13.6. The van der Waals surface area contributed by atoms with E-state index in [9.17, 15) is 8.42 Å². The van der Waals surface area contributed by atoms with Crippen LogP contribution in [-0.2, 0) is 16.4 Å². The Morgan fingerprint density at radius 1 is 0.897 bits per heavy atom. The van der Waals surface area contributed by atoms with E-state index in [4.69, 9.17) is 4.42 Å². The molecular weight excluding hydrogens is 388 g/mol. The molecule has 1 aromatic heterocycles. The maximum Gasteiger partial charge on any atom is 0.243 e. The summed E-state index contributed by atoms with van der Waals surface area (Å²) >= 11 is 0. The fourth-order valence-electron chi connectivity index (χ4n) is 4.05. The first-order valence-electron chi connectivity index (χ1n) is 10.2. The van der Waals surface area contributed by atoms with Crippen molar-refractivity contribution in [2.45, 2.75) is 65.8 Å². The van der Waals surface area contributed by atoms with Crippen LogP contribution in [-0.4, -0.2) is 54.0 Å². The molecule has 1 aliphatic heterocycles. The monoisotopic (exact) mass is 420 g/mol. The summed E-state index contributed by atoms with van der Waals surface area (Å²) in [6.07, 6.45) is 0.708. The molecule has 29 heavy (non-hydrogen) atoms. The molecule has 1 fully saturated rings. The first-order valence-corrected chi connectivity index (χ1v) is 11.7. The predicted octanol–water partition coefficient (Wildman–Crippen LogP) is 3.24. The van der Waals surface area contributed by atoms with Crippen LogP contribution in [0.5, 0.6) is 0 Å². The average molecular weight is 421 g/mol. The van der Waals surface area contributed by atoms with E-state index < -0.39 is 10.0 Å². The Bertz CT molecular complexity index is 976. The lowest BCUT2D eigenvalue weighted by Crippen LogP contribution is -2.49. The van der Waals surface area contributed by atoms with E-state index in [1.165, 1.54) is 5.56 Å². The minimum absolute atomic E-state index is 0.0278. The Kier molecular flexibility index (Phi) is 6.17. The van der Waals surface area contributed by atoms with Crippen LogP contribution in [0.3, 0.4) is 0 Å². The van der Waals surface area contributed by atoms with Gasteiger partial charge in [0.1, 0.15) is 0 Å². The fourth-order valence-corrected chi connectivity index (χ4v) is 6.03. The molecule has 8 heteroatoms. The highest BCUT2D eigenvalue weighted by atomic mass is 32.2. The summed E-state index contributed by atoms with van der Waals surface area (Å²) in [5.41, 5.74) is 5.01. The van der Waals surface area contributed by atoms with Crippen molar-refractivity contribution in [3.8, 4) is 0 Å². The Morgan fingerprint density at radius 3 is 1.90 bits per heavy atom. The molecule has 0 aliphatic carbocycles. The van der Waals surface area contributed by atoms with Crippen molar-refractivity contribution in [3.05, 3.63) is 39.6 Å². The van der Waals surface area contributed by atoms with Crippen molar-refractivity contribution in [1.29, 1.82) is 0 Å². The molecule has 1 atom stereocenters. The van der Waals surface area contributed by atoms with Gasteiger partial charge < -0.3 is 4.42 Å². The van der Waals surface area contributed by atoms with E-state index in [2.05, 4.69) is 22.0 Å². The maximum atomic E-state index is 13.5. The van der Waals surface area contributed by atoms with Crippen LogP contribution < -0.4 is 0 Å². The molecule has 0 amide bonds. The molecule has 0 radical (unpaired) electrons. The van der Waals surface area contributed by atoms with E-state index >= 15 is 0 Å².